The van der Waals surface area contributed by atoms with Gasteiger partial charge in [-0.2, -0.15) is 15.0 Å². The first kappa shape index (κ1) is 10.6. The van der Waals surface area contributed by atoms with Gasteiger partial charge in [-0.05, 0) is 13.8 Å². The van der Waals surface area contributed by atoms with Crippen molar-refractivity contribution in [3.63, 3.8) is 0 Å². The van der Waals surface area contributed by atoms with Crippen LogP contribution in [0.5, 0.6) is 0 Å². The van der Waals surface area contributed by atoms with E-state index in [9.17, 15) is 8.78 Å². The highest BCUT2D eigenvalue weighted by Crippen LogP contribution is 2.08. The van der Waals surface area contributed by atoms with Gasteiger partial charge in [0.25, 0.3) is 6.43 Å². The molecule has 0 aliphatic heterocycles. The molecule has 1 aromatic rings. The number of hydrogen-bond donors (Lipinski definition) is 2. The molecule has 1 rings (SSSR count). The number of anilines is 2. The first-order valence-electron chi connectivity index (χ1n) is 4.02. The fraction of sp³-hybridized carbons (Fsp3) is 0.571. The SMILES string of the molecule is Cc1nc(N)nc(NC(C)C(F)F)n1. The minimum absolute atomic E-state index is 0.0152. The van der Waals surface area contributed by atoms with Crippen LogP contribution in [0.1, 0.15) is 12.7 Å². The number of nitrogens with one attached hydrogen (secondary N) is 1. The van der Waals surface area contributed by atoms with Gasteiger partial charge in [-0.15, -0.1) is 0 Å². The van der Waals surface area contributed by atoms with Crippen molar-refractivity contribution in [1.82, 2.24) is 15.0 Å². The van der Waals surface area contributed by atoms with E-state index in [0.29, 0.717) is 5.82 Å². The summed E-state index contributed by atoms with van der Waals surface area (Å²) in [6.45, 7) is 2.94. The van der Waals surface area contributed by atoms with Crippen molar-refractivity contribution in [2.24, 2.45) is 0 Å². The summed E-state index contributed by atoms with van der Waals surface area (Å²) in [6.07, 6.45) is -2.48. The zero-order valence-corrected chi connectivity index (χ0v) is 7.83. The van der Waals surface area contributed by atoms with E-state index >= 15 is 0 Å². The Morgan fingerprint density at radius 1 is 1.29 bits per heavy atom. The minimum atomic E-state index is -2.48. The Hall–Kier alpha value is -1.53. The van der Waals surface area contributed by atoms with Crippen LogP contribution in [0.3, 0.4) is 0 Å². The van der Waals surface area contributed by atoms with Gasteiger partial charge in [0.05, 0.1) is 6.04 Å². The predicted molar refractivity (Wildman–Crippen MR) is 48.1 cm³/mol. The van der Waals surface area contributed by atoms with E-state index in [1.807, 2.05) is 0 Å². The molecule has 0 saturated heterocycles. The van der Waals surface area contributed by atoms with Crippen molar-refractivity contribution in [2.45, 2.75) is 26.3 Å². The van der Waals surface area contributed by atoms with Gasteiger partial charge >= 0.3 is 0 Å². The lowest BCUT2D eigenvalue weighted by atomic mass is 10.4. The molecule has 0 radical (unpaired) electrons. The van der Waals surface area contributed by atoms with Gasteiger partial charge in [-0.25, -0.2) is 8.78 Å². The molecule has 5 nitrogen and oxygen atoms in total. The van der Waals surface area contributed by atoms with E-state index in [2.05, 4.69) is 20.3 Å². The molecule has 14 heavy (non-hydrogen) atoms. The summed E-state index contributed by atoms with van der Waals surface area (Å²) >= 11 is 0. The molecule has 0 saturated carbocycles. The molecule has 0 aliphatic rings. The summed E-state index contributed by atoms with van der Waals surface area (Å²) in [7, 11) is 0. The molecule has 0 spiro atoms. The van der Waals surface area contributed by atoms with E-state index in [-0.39, 0.29) is 11.9 Å². The van der Waals surface area contributed by atoms with E-state index in [1.165, 1.54) is 6.92 Å². The van der Waals surface area contributed by atoms with E-state index in [0.717, 1.165) is 0 Å². The first-order chi connectivity index (χ1) is 6.49. The number of halogens is 2. The molecule has 1 aromatic heterocycles. The predicted octanol–water partition coefficient (Wildman–Crippen LogP) is 0.828. The highest BCUT2D eigenvalue weighted by molar-refractivity contribution is 5.31. The number of aryl methyl sites for hydroxylation is 1. The molecule has 0 bridgehead atoms. The van der Waals surface area contributed by atoms with Gasteiger partial charge in [0, 0.05) is 0 Å². The highest BCUT2D eigenvalue weighted by Gasteiger charge is 2.15. The minimum Gasteiger partial charge on any atom is -0.368 e. The maximum Gasteiger partial charge on any atom is 0.258 e. The third-order valence-corrected chi connectivity index (χ3v) is 1.50. The lowest BCUT2D eigenvalue weighted by Crippen LogP contribution is -2.25. The molecule has 0 amide bonds. The van der Waals surface area contributed by atoms with Crippen LogP contribution in [0.4, 0.5) is 20.7 Å². The third kappa shape index (κ3) is 2.75. The van der Waals surface area contributed by atoms with Crippen LogP contribution < -0.4 is 11.1 Å². The fourth-order valence-corrected chi connectivity index (χ4v) is 0.834. The zero-order valence-electron chi connectivity index (χ0n) is 7.83. The first-order valence-corrected chi connectivity index (χ1v) is 4.02. The summed E-state index contributed by atoms with van der Waals surface area (Å²) in [5.74, 6) is 0.478. The number of hydrogen-bond acceptors (Lipinski definition) is 5. The average Bonchev–Trinajstić information content (AvgIpc) is 2.01. The van der Waals surface area contributed by atoms with Crippen LogP contribution >= 0.6 is 0 Å². The fourth-order valence-electron chi connectivity index (χ4n) is 0.834. The van der Waals surface area contributed by atoms with Gasteiger partial charge in [0.1, 0.15) is 5.82 Å². The largest absolute Gasteiger partial charge is 0.368 e. The topological polar surface area (TPSA) is 76.7 Å². The monoisotopic (exact) mass is 203 g/mol. The average molecular weight is 203 g/mol. The number of alkyl halides is 2. The van der Waals surface area contributed by atoms with Crippen molar-refractivity contribution >= 4 is 11.9 Å². The standard InChI is InChI=1S/C7H11F2N5/c1-3(5(8)9)11-7-13-4(2)12-6(10)14-7/h3,5H,1-2H3,(H3,10,11,12,13,14). The van der Waals surface area contributed by atoms with Crippen LogP contribution in [-0.2, 0) is 0 Å². The van der Waals surface area contributed by atoms with Crippen LogP contribution in [0.25, 0.3) is 0 Å². The summed E-state index contributed by atoms with van der Waals surface area (Å²) in [4.78, 5) is 11.2. The zero-order chi connectivity index (χ0) is 10.7. The molecule has 1 atom stereocenters. The maximum atomic E-state index is 12.2. The molecular formula is C7H11F2N5. The Morgan fingerprint density at radius 3 is 2.43 bits per heavy atom. The van der Waals surface area contributed by atoms with E-state index in [4.69, 9.17) is 5.73 Å². The van der Waals surface area contributed by atoms with Crippen LogP contribution in [0, 0.1) is 6.92 Å². The third-order valence-electron chi connectivity index (χ3n) is 1.50. The van der Waals surface area contributed by atoms with E-state index in [1.54, 1.807) is 6.92 Å². The summed E-state index contributed by atoms with van der Waals surface area (Å²) in [5.41, 5.74) is 5.32. The van der Waals surface area contributed by atoms with Gasteiger partial charge in [0.15, 0.2) is 0 Å². The number of aromatic nitrogens is 3. The second-order valence-corrected chi connectivity index (χ2v) is 2.83. The van der Waals surface area contributed by atoms with Crippen molar-refractivity contribution in [3.8, 4) is 0 Å². The lowest BCUT2D eigenvalue weighted by Gasteiger charge is -2.12. The van der Waals surface area contributed by atoms with E-state index < -0.39 is 12.5 Å². The molecule has 3 N–H and O–H groups in total. The van der Waals surface area contributed by atoms with Crippen molar-refractivity contribution in [3.05, 3.63) is 5.82 Å². The molecule has 0 aromatic carbocycles. The lowest BCUT2D eigenvalue weighted by molar-refractivity contribution is 0.130. The van der Waals surface area contributed by atoms with Gasteiger partial charge in [0.2, 0.25) is 11.9 Å². The number of nitrogens with zero attached hydrogens (tertiary/aromatic N) is 3. The number of nitrogen functional groups attached to an aromatic ring is 1. The molecule has 78 valence electrons. The summed E-state index contributed by atoms with van der Waals surface area (Å²) in [6, 6.07) is -1.02. The summed E-state index contributed by atoms with van der Waals surface area (Å²) in [5, 5.41) is 2.43. The molecule has 7 heteroatoms. The Labute approximate surface area is 79.8 Å². The van der Waals surface area contributed by atoms with Gasteiger partial charge < -0.3 is 11.1 Å². The second-order valence-electron chi connectivity index (χ2n) is 2.83. The Kier molecular flexibility index (Phi) is 3.10. The number of nitrogens with two attached hydrogens (primary N) is 1. The van der Waals surface area contributed by atoms with Gasteiger partial charge in [-0.1, -0.05) is 0 Å². The molecule has 1 heterocycles. The number of rotatable bonds is 3. The van der Waals surface area contributed by atoms with Crippen molar-refractivity contribution in [1.29, 1.82) is 0 Å². The summed E-state index contributed by atoms with van der Waals surface area (Å²) < 4.78 is 24.3. The smallest absolute Gasteiger partial charge is 0.258 e. The molecule has 1 unspecified atom stereocenters. The molecule has 0 aliphatic carbocycles. The molecule has 0 fully saturated rings. The van der Waals surface area contributed by atoms with Gasteiger partial charge in [-0.3, -0.25) is 0 Å². The normalized spacial score (nSPS) is 12.9. The highest BCUT2D eigenvalue weighted by atomic mass is 19.3. The maximum absolute atomic E-state index is 12.2. The Balaban J connectivity index is 2.76. The van der Waals surface area contributed by atoms with Crippen LogP contribution in [0.2, 0.25) is 0 Å². The van der Waals surface area contributed by atoms with Crippen molar-refractivity contribution < 1.29 is 8.78 Å². The second kappa shape index (κ2) is 4.12. The molecular weight excluding hydrogens is 192 g/mol. The van der Waals surface area contributed by atoms with Crippen LogP contribution in [0.15, 0.2) is 0 Å². The van der Waals surface area contributed by atoms with Crippen molar-refractivity contribution in [2.75, 3.05) is 11.1 Å². The Bertz CT molecular complexity index is 297. The van der Waals surface area contributed by atoms with Crippen LogP contribution in [-0.4, -0.2) is 27.4 Å². The quantitative estimate of drug-likeness (QED) is 0.760. The Morgan fingerprint density at radius 2 is 1.93 bits per heavy atom.